The Labute approximate surface area is 117 Å². The lowest BCUT2D eigenvalue weighted by Crippen LogP contribution is -2.35. The Balaban J connectivity index is 3.18. The maximum Gasteiger partial charge on any atom is 0.0933 e. The zero-order valence-corrected chi connectivity index (χ0v) is 12.3. The quantitative estimate of drug-likeness (QED) is 0.413. The molecule has 1 unspecified atom stereocenters. The zero-order chi connectivity index (χ0) is 14.3. The van der Waals surface area contributed by atoms with Crippen molar-refractivity contribution in [2.24, 2.45) is 0 Å². The topological polar surface area (TPSA) is 60.4 Å². The summed E-state index contributed by atoms with van der Waals surface area (Å²) in [7, 11) is 0. The van der Waals surface area contributed by atoms with Crippen molar-refractivity contribution in [2.75, 3.05) is 0 Å². The molecule has 1 atom stereocenters. The first-order valence-electron chi connectivity index (χ1n) is 7.72. The summed E-state index contributed by atoms with van der Waals surface area (Å²) in [5.74, 6) is -1.36. The van der Waals surface area contributed by atoms with E-state index in [0.717, 1.165) is 32.1 Å². The molecule has 1 N–H and O–H groups in total. The lowest BCUT2D eigenvalue weighted by atomic mass is 10.1. The van der Waals surface area contributed by atoms with E-state index in [-0.39, 0.29) is 0 Å². The van der Waals surface area contributed by atoms with Gasteiger partial charge in [-0.25, -0.2) is 0 Å². The number of carbonyl (C=O) groups is 1. The van der Waals surface area contributed by atoms with Gasteiger partial charge in [-0.3, -0.25) is 0 Å². The van der Waals surface area contributed by atoms with E-state index in [9.17, 15) is 9.90 Å². The Hall–Kier alpha value is -0.830. The van der Waals surface area contributed by atoms with Crippen molar-refractivity contribution in [1.82, 2.24) is 0 Å². The molecule has 0 saturated heterocycles. The van der Waals surface area contributed by atoms with E-state index in [1.165, 1.54) is 32.1 Å². The van der Waals surface area contributed by atoms with Gasteiger partial charge in [0, 0.05) is 0 Å². The Kier molecular flexibility index (Phi) is 13.0. The number of hydrogen-bond acceptors (Lipinski definition) is 3. The van der Waals surface area contributed by atoms with E-state index < -0.39 is 12.1 Å². The minimum absolute atomic E-state index is 0.315. The summed E-state index contributed by atoms with van der Waals surface area (Å²) in [5.41, 5.74) is 0. The summed E-state index contributed by atoms with van der Waals surface area (Å²) >= 11 is 0. The number of carboxylic acids is 1. The Morgan fingerprint density at radius 2 is 1.53 bits per heavy atom. The van der Waals surface area contributed by atoms with E-state index in [1.807, 2.05) is 0 Å². The van der Waals surface area contributed by atoms with E-state index in [0.29, 0.717) is 6.42 Å². The number of carbonyl (C=O) groups excluding carboxylic acids is 1. The van der Waals surface area contributed by atoms with E-state index in [4.69, 9.17) is 5.11 Å². The van der Waals surface area contributed by atoms with Gasteiger partial charge in [-0.2, -0.15) is 0 Å². The Morgan fingerprint density at radius 3 is 2.05 bits per heavy atom. The van der Waals surface area contributed by atoms with Crippen LogP contribution in [0.4, 0.5) is 0 Å². The second-order valence-electron chi connectivity index (χ2n) is 5.15. The van der Waals surface area contributed by atoms with Crippen molar-refractivity contribution in [1.29, 1.82) is 0 Å². The summed E-state index contributed by atoms with van der Waals surface area (Å²) in [6, 6.07) is 0. The van der Waals surface area contributed by atoms with Crippen LogP contribution in [0, 0.1) is 0 Å². The van der Waals surface area contributed by atoms with Crippen molar-refractivity contribution < 1.29 is 15.0 Å². The van der Waals surface area contributed by atoms with Gasteiger partial charge < -0.3 is 15.0 Å². The molecule has 112 valence electrons. The standard InChI is InChI=1S/C16H30O3/c1-2-3-4-5-6-7-8-9-10-11-12-13-14-15(17)16(18)19/h7-8,15,17H,2-6,9-14H2,1H3,(H,18,19)/p-1/b8-7-. The van der Waals surface area contributed by atoms with E-state index >= 15 is 0 Å². The fourth-order valence-electron chi connectivity index (χ4n) is 2.00. The van der Waals surface area contributed by atoms with Crippen LogP contribution in [0.5, 0.6) is 0 Å². The SMILES string of the molecule is CCCCCC/C=C\CCCCCCC(O)C(=O)[O-]. The van der Waals surface area contributed by atoms with E-state index in [1.54, 1.807) is 0 Å². The van der Waals surface area contributed by atoms with Crippen LogP contribution < -0.4 is 5.11 Å². The average Bonchev–Trinajstić information content (AvgIpc) is 2.39. The molecule has 0 aliphatic carbocycles. The highest BCUT2D eigenvalue weighted by molar-refractivity contribution is 5.69. The van der Waals surface area contributed by atoms with Gasteiger partial charge in [-0.05, 0) is 32.1 Å². The highest BCUT2D eigenvalue weighted by Crippen LogP contribution is 2.08. The number of carboxylic acid groups (broad SMARTS) is 1. The monoisotopic (exact) mass is 269 g/mol. The lowest BCUT2D eigenvalue weighted by molar-refractivity contribution is -0.315. The molecule has 0 heterocycles. The molecular formula is C16H29O3-. The van der Waals surface area contributed by atoms with Gasteiger partial charge in [-0.15, -0.1) is 0 Å². The predicted molar refractivity (Wildman–Crippen MR) is 76.6 cm³/mol. The highest BCUT2D eigenvalue weighted by atomic mass is 16.4. The number of unbranched alkanes of at least 4 members (excludes halogenated alkanes) is 8. The average molecular weight is 269 g/mol. The maximum absolute atomic E-state index is 10.3. The van der Waals surface area contributed by atoms with Gasteiger partial charge in [0.1, 0.15) is 0 Å². The van der Waals surface area contributed by atoms with Crippen LogP contribution in [0.2, 0.25) is 0 Å². The van der Waals surface area contributed by atoms with E-state index in [2.05, 4.69) is 19.1 Å². The van der Waals surface area contributed by atoms with Crippen molar-refractivity contribution in [3.05, 3.63) is 12.2 Å². The Morgan fingerprint density at radius 1 is 1.00 bits per heavy atom. The van der Waals surface area contributed by atoms with Crippen LogP contribution in [0.15, 0.2) is 12.2 Å². The van der Waals surface area contributed by atoms with Gasteiger partial charge in [0.15, 0.2) is 0 Å². The van der Waals surface area contributed by atoms with Gasteiger partial charge in [0.05, 0.1) is 12.1 Å². The third kappa shape index (κ3) is 13.4. The molecule has 0 saturated carbocycles. The first-order chi connectivity index (χ1) is 9.18. The van der Waals surface area contributed by atoms with Gasteiger partial charge in [0.2, 0.25) is 0 Å². The van der Waals surface area contributed by atoms with Crippen LogP contribution in [-0.4, -0.2) is 17.2 Å². The van der Waals surface area contributed by atoms with Gasteiger partial charge in [0.25, 0.3) is 0 Å². The molecule has 0 aromatic carbocycles. The molecule has 0 amide bonds. The molecule has 0 radical (unpaired) electrons. The van der Waals surface area contributed by atoms with Crippen LogP contribution in [0.1, 0.15) is 77.6 Å². The maximum atomic E-state index is 10.3. The van der Waals surface area contributed by atoms with Crippen molar-refractivity contribution >= 4 is 5.97 Å². The third-order valence-electron chi connectivity index (χ3n) is 3.26. The molecule has 0 aromatic heterocycles. The predicted octanol–water partition coefficient (Wildman–Crippen LogP) is 2.96. The smallest absolute Gasteiger partial charge is 0.0933 e. The number of aliphatic hydroxyl groups is 1. The lowest BCUT2D eigenvalue weighted by Gasteiger charge is -2.10. The number of rotatable bonds is 13. The van der Waals surface area contributed by atoms with Crippen LogP contribution in [-0.2, 0) is 4.79 Å². The molecule has 0 aliphatic rings. The Bertz CT molecular complexity index is 236. The molecule has 19 heavy (non-hydrogen) atoms. The van der Waals surface area contributed by atoms with Gasteiger partial charge in [-0.1, -0.05) is 57.6 Å². The molecule has 0 bridgehead atoms. The largest absolute Gasteiger partial charge is 0.547 e. The van der Waals surface area contributed by atoms with Crippen LogP contribution in [0.3, 0.4) is 0 Å². The second kappa shape index (κ2) is 13.6. The summed E-state index contributed by atoms with van der Waals surface area (Å²) < 4.78 is 0. The van der Waals surface area contributed by atoms with Crippen molar-refractivity contribution in [3.8, 4) is 0 Å². The molecule has 3 nitrogen and oxygen atoms in total. The molecule has 0 aromatic rings. The molecule has 0 spiro atoms. The number of aliphatic carboxylic acids is 1. The first kappa shape index (κ1) is 18.2. The third-order valence-corrected chi connectivity index (χ3v) is 3.26. The number of allylic oxidation sites excluding steroid dienone is 2. The summed E-state index contributed by atoms with van der Waals surface area (Å²) in [5, 5.41) is 19.3. The summed E-state index contributed by atoms with van der Waals surface area (Å²) in [4.78, 5) is 10.3. The zero-order valence-electron chi connectivity index (χ0n) is 12.3. The molecule has 0 rings (SSSR count). The van der Waals surface area contributed by atoms with Crippen LogP contribution >= 0.6 is 0 Å². The van der Waals surface area contributed by atoms with Gasteiger partial charge >= 0.3 is 0 Å². The number of aliphatic hydroxyl groups excluding tert-OH is 1. The molecular weight excluding hydrogens is 240 g/mol. The highest BCUT2D eigenvalue weighted by Gasteiger charge is 2.03. The summed E-state index contributed by atoms with van der Waals surface area (Å²) in [6.07, 6.45) is 15.1. The van der Waals surface area contributed by atoms with Crippen molar-refractivity contribution in [2.45, 2.75) is 83.7 Å². The molecule has 0 fully saturated rings. The van der Waals surface area contributed by atoms with Crippen LogP contribution in [0.25, 0.3) is 0 Å². The molecule has 3 heteroatoms. The normalized spacial score (nSPS) is 12.9. The second-order valence-corrected chi connectivity index (χ2v) is 5.15. The minimum Gasteiger partial charge on any atom is -0.547 e. The summed E-state index contributed by atoms with van der Waals surface area (Å²) in [6.45, 7) is 2.22. The fourth-order valence-corrected chi connectivity index (χ4v) is 2.00. The van der Waals surface area contributed by atoms with Crippen molar-refractivity contribution in [3.63, 3.8) is 0 Å². The number of hydrogen-bond donors (Lipinski definition) is 1. The first-order valence-corrected chi connectivity index (χ1v) is 7.72. The molecule has 0 aliphatic heterocycles. The fraction of sp³-hybridized carbons (Fsp3) is 0.812. The minimum atomic E-state index is -1.36.